The van der Waals surface area contributed by atoms with E-state index in [4.69, 9.17) is 14.2 Å². The summed E-state index contributed by atoms with van der Waals surface area (Å²) in [7, 11) is 0. The number of rotatable bonds is 66. The lowest BCUT2D eigenvalue weighted by molar-refractivity contribution is -0.167. The third-order valence-electron chi connectivity index (χ3n) is 15.9. The topological polar surface area (TPSA) is 78.9 Å². The van der Waals surface area contributed by atoms with Gasteiger partial charge in [0, 0.05) is 19.3 Å². The van der Waals surface area contributed by atoms with Crippen LogP contribution >= 0.6 is 0 Å². The van der Waals surface area contributed by atoms with Crippen LogP contribution in [0, 0.1) is 0 Å². The second kappa shape index (κ2) is 71.1. The molecule has 0 bridgehead atoms. The molecule has 0 fully saturated rings. The molecule has 480 valence electrons. The summed E-state index contributed by atoms with van der Waals surface area (Å²) in [6.07, 6.45) is 94.7. The standard InChI is InChI=1S/C77H136O6/c1-4-7-10-13-16-19-22-25-28-30-32-33-34-35-36-37-38-39-40-41-42-43-45-46-49-52-55-58-61-64-67-70-76(79)82-73-74(72-81-75(78)69-66-63-60-57-54-51-48-27-24-21-18-15-12-9-6-3)83-77(80)71-68-65-62-59-56-53-50-47-44-31-29-26-23-20-17-14-11-8-5-2/h7,10,16,19,25,27-28,32-33,35-36,38-39,48,74H,4-6,8-9,11-15,17-18,20-24,26,29-31,34,37,40-47,49-73H2,1-3H3/b10-7-,19-16-,28-25-,33-32-,36-35-,39-38-,48-27-. The van der Waals surface area contributed by atoms with Gasteiger partial charge in [0.2, 0.25) is 0 Å². The average molecular weight is 1160 g/mol. The predicted molar refractivity (Wildman–Crippen MR) is 362 cm³/mol. The maximum Gasteiger partial charge on any atom is 0.306 e. The molecule has 0 spiro atoms. The molecule has 1 atom stereocenters. The monoisotopic (exact) mass is 1160 g/mol. The zero-order valence-electron chi connectivity index (χ0n) is 55.2. The fourth-order valence-corrected chi connectivity index (χ4v) is 10.5. The molecule has 0 heterocycles. The van der Waals surface area contributed by atoms with Crippen LogP contribution in [0.5, 0.6) is 0 Å². The van der Waals surface area contributed by atoms with Gasteiger partial charge in [0.25, 0.3) is 0 Å². The average Bonchev–Trinajstić information content (AvgIpc) is 3.49. The number of hydrogen-bond acceptors (Lipinski definition) is 6. The molecule has 83 heavy (non-hydrogen) atoms. The third kappa shape index (κ3) is 69.3. The number of allylic oxidation sites excluding steroid dienone is 14. The molecule has 0 aliphatic heterocycles. The van der Waals surface area contributed by atoms with Crippen molar-refractivity contribution >= 4 is 17.9 Å². The zero-order valence-corrected chi connectivity index (χ0v) is 55.2. The van der Waals surface area contributed by atoms with Crippen molar-refractivity contribution in [2.75, 3.05) is 13.2 Å². The minimum Gasteiger partial charge on any atom is -0.462 e. The van der Waals surface area contributed by atoms with Gasteiger partial charge in [0.05, 0.1) is 0 Å². The Morgan fingerprint density at radius 3 is 0.747 bits per heavy atom. The first-order valence-electron chi connectivity index (χ1n) is 36.1. The van der Waals surface area contributed by atoms with Gasteiger partial charge in [0.15, 0.2) is 6.10 Å². The molecule has 0 saturated carbocycles. The van der Waals surface area contributed by atoms with Crippen LogP contribution in [0.25, 0.3) is 0 Å². The van der Waals surface area contributed by atoms with Crippen molar-refractivity contribution in [3.05, 3.63) is 85.1 Å². The fourth-order valence-electron chi connectivity index (χ4n) is 10.5. The van der Waals surface area contributed by atoms with Gasteiger partial charge in [0.1, 0.15) is 13.2 Å². The summed E-state index contributed by atoms with van der Waals surface area (Å²) in [6, 6.07) is 0. The van der Waals surface area contributed by atoms with Crippen LogP contribution in [0.3, 0.4) is 0 Å². The number of unbranched alkanes of at least 4 members (excludes halogenated alkanes) is 41. The van der Waals surface area contributed by atoms with Crippen LogP contribution in [-0.4, -0.2) is 37.2 Å². The number of hydrogen-bond donors (Lipinski definition) is 0. The molecule has 0 rings (SSSR count). The second-order valence-electron chi connectivity index (χ2n) is 24.1. The maximum absolute atomic E-state index is 13.0. The van der Waals surface area contributed by atoms with E-state index in [0.717, 1.165) is 103 Å². The van der Waals surface area contributed by atoms with Gasteiger partial charge in [-0.3, -0.25) is 14.4 Å². The Morgan fingerprint density at radius 2 is 0.470 bits per heavy atom. The number of esters is 3. The Balaban J connectivity index is 4.26. The summed E-state index contributed by atoms with van der Waals surface area (Å²) in [4.78, 5) is 38.5. The number of carbonyl (C=O) groups is 3. The first kappa shape index (κ1) is 79.6. The number of carbonyl (C=O) groups excluding carboxylic acids is 3. The van der Waals surface area contributed by atoms with Gasteiger partial charge in [-0.2, -0.15) is 0 Å². The van der Waals surface area contributed by atoms with Crippen LogP contribution in [0.15, 0.2) is 85.1 Å². The van der Waals surface area contributed by atoms with Crippen molar-refractivity contribution in [2.24, 2.45) is 0 Å². The Kier molecular flexibility index (Phi) is 68.2. The van der Waals surface area contributed by atoms with Crippen molar-refractivity contribution in [1.29, 1.82) is 0 Å². The van der Waals surface area contributed by atoms with Crippen LogP contribution in [-0.2, 0) is 28.6 Å². The lowest BCUT2D eigenvalue weighted by atomic mass is 10.0. The number of ether oxygens (including phenoxy) is 3. The minimum atomic E-state index is -0.779. The molecular weight excluding hydrogens is 1020 g/mol. The Bertz CT molecular complexity index is 1570. The Morgan fingerprint density at radius 1 is 0.253 bits per heavy atom. The first-order chi connectivity index (χ1) is 41.0. The van der Waals surface area contributed by atoms with E-state index in [1.54, 1.807) is 0 Å². The molecule has 0 saturated heterocycles. The van der Waals surface area contributed by atoms with Crippen molar-refractivity contribution in [1.82, 2.24) is 0 Å². The van der Waals surface area contributed by atoms with E-state index in [9.17, 15) is 14.4 Å². The molecule has 0 N–H and O–H groups in total. The predicted octanol–water partition coefficient (Wildman–Crippen LogP) is 25.0. The first-order valence-corrected chi connectivity index (χ1v) is 36.1. The Hall–Kier alpha value is -3.41. The molecule has 0 aliphatic carbocycles. The van der Waals surface area contributed by atoms with Gasteiger partial charge in [-0.05, 0) is 96.3 Å². The van der Waals surface area contributed by atoms with E-state index < -0.39 is 6.10 Å². The van der Waals surface area contributed by atoms with Crippen molar-refractivity contribution in [3.63, 3.8) is 0 Å². The molecule has 0 aromatic carbocycles. The molecule has 0 aromatic heterocycles. The molecule has 0 radical (unpaired) electrons. The van der Waals surface area contributed by atoms with Crippen molar-refractivity contribution < 1.29 is 28.6 Å². The van der Waals surface area contributed by atoms with Crippen molar-refractivity contribution in [3.8, 4) is 0 Å². The van der Waals surface area contributed by atoms with Crippen molar-refractivity contribution in [2.45, 2.75) is 374 Å². The SMILES string of the molecule is CC/C=C\C/C=C\C/C=C\C/C=C\C/C=C\C/C=C\CCCCCCCCCCCCCCC(=O)OCC(COC(=O)CCCCCCC/C=C\CCCCCCCC)OC(=O)CCCCCCCCCCCCCCCCCCCCC. The highest BCUT2D eigenvalue weighted by Gasteiger charge is 2.19. The summed E-state index contributed by atoms with van der Waals surface area (Å²) in [5.74, 6) is -0.863. The van der Waals surface area contributed by atoms with E-state index in [2.05, 4.69) is 106 Å². The van der Waals surface area contributed by atoms with Gasteiger partial charge >= 0.3 is 17.9 Å². The van der Waals surface area contributed by atoms with E-state index in [1.807, 2.05) is 0 Å². The quantitative estimate of drug-likeness (QED) is 0.0261. The molecule has 6 heteroatoms. The molecule has 0 aromatic rings. The van der Waals surface area contributed by atoms with Crippen LogP contribution in [0.2, 0.25) is 0 Å². The lowest BCUT2D eigenvalue weighted by Gasteiger charge is -2.18. The summed E-state index contributed by atoms with van der Waals surface area (Å²) >= 11 is 0. The Labute approximate surface area is 515 Å². The minimum absolute atomic E-state index is 0.0755. The normalized spacial score (nSPS) is 12.6. The summed E-state index contributed by atoms with van der Waals surface area (Å²) in [5, 5.41) is 0. The van der Waals surface area contributed by atoms with E-state index in [1.165, 1.54) is 225 Å². The molecule has 0 aliphatic rings. The summed E-state index contributed by atoms with van der Waals surface area (Å²) < 4.78 is 17.0. The van der Waals surface area contributed by atoms with Gasteiger partial charge in [-0.15, -0.1) is 0 Å². The van der Waals surface area contributed by atoms with Gasteiger partial charge < -0.3 is 14.2 Å². The summed E-state index contributed by atoms with van der Waals surface area (Å²) in [6.45, 7) is 6.57. The van der Waals surface area contributed by atoms with E-state index >= 15 is 0 Å². The molecular formula is C77H136O6. The summed E-state index contributed by atoms with van der Waals surface area (Å²) in [5.41, 5.74) is 0. The van der Waals surface area contributed by atoms with E-state index in [-0.39, 0.29) is 31.1 Å². The second-order valence-corrected chi connectivity index (χ2v) is 24.1. The molecule has 1 unspecified atom stereocenters. The van der Waals surface area contributed by atoms with Gasteiger partial charge in [-0.1, -0.05) is 337 Å². The lowest BCUT2D eigenvalue weighted by Crippen LogP contribution is -2.30. The third-order valence-corrected chi connectivity index (χ3v) is 15.9. The van der Waals surface area contributed by atoms with Crippen LogP contribution in [0.1, 0.15) is 367 Å². The highest BCUT2D eigenvalue weighted by atomic mass is 16.6. The fraction of sp³-hybridized carbons (Fsp3) is 0.779. The molecule has 6 nitrogen and oxygen atoms in total. The van der Waals surface area contributed by atoms with Crippen LogP contribution in [0.4, 0.5) is 0 Å². The highest BCUT2D eigenvalue weighted by molar-refractivity contribution is 5.71. The van der Waals surface area contributed by atoms with Gasteiger partial charge in [-0.25, -0.2) is 0 Å². The zero-order chi connectivity index (χ0) is 59.9. The molecule has 0 amide bonds. The highest BCUT2D eigenvalue weighted by Crippen LogP contribution is 2.18. The maximum atomic E-state index is 13.0. The smallest absolute Gasteiger partial charge is 0.306 e. The van der Waals surface area contributed by atoms with E-state index in [0.29, 0.717) is 19.3 Å². The largest absolute Gasteiger partial charge is 0.462 e. The van der Waals surface area contributed by atoms with Crippen LogP contribution < -0.4 is 0 Å².